The minimum absolute atomic E-state index is 0.0700. The van der Waals surface area contributed by atoms with Gasteiger partial charge in [0, 0.05) is 23.7 Å². The Bertz CT molecular complexity index is 2880. The Labute approximate surface area is 743 Å². The van der Waals surface area contributed by atoms with E-state index in [1.165, 1.54) is 114 Å². The molecule has 10 N–H and O–H groups in total. The summed E-state index contributed by atoms with van der Waals surface area (Å²) in [6, 6.07) is 0. The van der Waals surface area contributed by atoms with Crippen LogP contribution in [0.4, 0.5) is 0 Å². The van der Waals surface area contributed by atoms with Gasteiger partial charge in [0.25, 0.3) is 0 Å². The molecule has 0 heterocycles. The Morgan fingerprint density at radius 1 is 0.233 bits per heavy atom. The Morgan fingerprint density at radius 2 is 0.658 bits per heavy atom. The Balaban J connectivity index is 0.000000667. The maximum Gasteiger partial charge on any atom is 0.0628 e. The second-order valence-electron chi connectivity index (χ2n) is 43.7. The van der Waals surface area contributed by atoms with Gasteiger partial charge < -0.3 is 51.1 Å². The second kappa shape index (κ2) is 58.5. The predicted octanol–water partition coefficient (Wildman–Crippen LogP) is 26.8. The molecule has 0 spiro atoms. The summed E-state index contributed by atoms with van der Waals surface area (Å²) in [7, 11) is 0. The summed E-state index contributed by atoms with van der Waals surface area (Å²) in [4.78, 5) is 0. The average molecular weight is 1680 g/mol. The summed E-state index contributed by atoms with van der Waals surface area (Å²) in [5.74, 6) is 13.7. The van der Waals surface area contributed by atoms with Gasteiger partial charge in [-0.05, 0) is 369 Å². The van der Waals surface area contributed by atoms with Crippen LogP contribution in [-0.2, 0) is 0 Å². The van der Waals surface area contributed by atoms with Gasteiger partial charge in [-0.25, -0.2) is 0 Å². The van der Waals surface area contributed by atoms with Gasteiger partial charge >= 0.3 is 0 Å². The molecule has 10 aliphatic carbocycles. The van der Waals surface area contributed by atoms with E-state index >= 15 is 0 Å². The van der Waals surface area contributed by atoms with Gasteiger partial charge in [0.05, 0.1) is 61.0 Å². The van der Waals surface area contributed by atoms with Gasteiger partial charge in [0.15, 0.2) is 0 Å². The molecular formula is C110H200O10. The van der Waals surface area contributed by atoms with Crippen molar-refractivity contribution in [1.82, 2.24) is 0 Å². The van der Waals surface area contributed by atoms with Gasteiger partial charge in [0.2, 0.25) is 0 Å². The Morgan fingerprint density at radius 3 is 1.14 bits per heavy atom. The summed E-state index contributed by atoms with van der Waals surface area (Å²) in [6.45, 7) is 84.4. The lowest BCUT2D eigenvalue weighted by atomic mass is 9.70. The molecule has 31 atom stereocenters. The second-order valence-corrected chi connectivity index (χ2v) is 43.7. The van der Waals surface area contributed by atoms with Crippen LogP contribution in [-0.4, -0.2) is 112 Å². The molecule has 0 aromatic heterocycles. The van der Waals surface area contributed by atoms with Crippen LogP contribution < -0.4 is 0 Å². The van der Waals surface area contributed by atoms with E-state index in [1.54, 1.807) is 0 Å². The summed E-state index contributed by atoms with van der Waals surface area (Å²) >= 11 is 0. The first-order chi connectivity index (χ1) is 55.6. The number of aliphatic hydroxyl groups is 10. The van der Waals surface area contributed by atoms with E-state index < -0.39 is 0 Å². The van der Waals surface area contributed by atoms with Gasteiger partial charge in [-0.2, -0.15) is 0 Å². The first kappa shape index (κ1) is 115. The number of aliphatic hydroxyl groups excluding tert-OH is 10. The van der Waals surface area contributed by atoms with Crippen LogP contribution in [0.15, 0.2) is 119 Å². The number of allylic oxidation sites excluding steroid dienone is 11. The molecule has 0 radical (unpaired) electrons. The molecule has 0 bridgehead atoms. The number of rotatable bonds is 10. The number of hydrogen-bond donors (Lipinski definition) is 10. The highest BCUT2D eigenvalue weighted by molar-refractivity contribution is 5.09. The van der Waals surface area contributed by atoms with Crippen LogP contribution in [0.5, 0.6) is 0 Å². The lowest BCUT2D eigenvalue weighted by Gasteiger charge is -2.37. The highest BCUT2D eigenvalue weighted by Gasteiger charge is 2.38. The highest BCUT2D eigenvalue weighted by Crippen LogP contribution is 2.44. The molecule has 0 aliphatic heterocycles. The van der Waals surface area contributed by atoms with Crippen molar-refractivity contribution in [3.63, 3.8) is 0 Å². The van der Waals surface area contributed by atoms with Crippen LogP contribution in [0, 0.1) is 148 Å². The van der Waals surface area contributed by atoms with E-state index in [1.807, 2.05) is 0 Å². The lowest BCUT2D eigenvalue weighted by Crippen LogP contribution is -2.34. The third-order valence-corrected chi connectivity index (χ3v) is 30.1. The first-order valence-corrected chi connectivity index (χ1v) is 49.0. The predicted molar refractivity (Wildman–Crippen MR) is 519 cm³/mol. The van der Waals surface area contributed by atoms with Crippen molar-refractivity contribution >= 4 is 0 Å². The molecule has 10 heteroatoms. The molecule has 0 amide bonds. The van der Waals surface area contributed by atoms with E-state index in [2.05, 4.69) is 271 Å². The van der Waals surface area contributed by atoms with Crippen LogP contribution in [0.2, 0.25) is 0 Å². The zero-order chi connectivity index (χ0) is 92.2. The van der Waals surface area contributed by atoms with Crippen LogP contribution >= 0.6 is 0 Å². The minimum Gasteiger partial charge on any atom is -0.393 e. The van der Waals surface area contributed by atoms with Crippen molar-refractivity contribution in [2.75, 3.05) is 0 Å². The van der Waals surface area contributed by atoms with Gasteiger partial charge in [-0.1, -0.05) is 242 Å². The van der Waals surface area contributed by atoms with Crippen molar-refractivity contribution in [2.45, 2.75) is 429 Å². The van der Waals surface area contributed by atoms with Crippen molar-refractivity contribution in [3.05, 3.63) is 119 Å². The molecule has 0 aromatic rings. The van der Waals surface area contributed by atoms with E-state index in [9.17, 15) is 51.1 Å². The largest absolute Gasteiger partial charge is 0.393 e. The van der Waals surface area contributed by atoms with Gasteiger partial charge in [0.1, 0.15) is 0 Å². The molecule has 10 rings (SSSR count). The van der Waals surface area contributed by atoms with Crippen LogP contribution in [0.25, 0.3) is 0 Å². The Kier molecular flexibility index (Phi) is 56.0. The van der Waals surface area contributed by atoms with Gasteiger partial charge in [-0.3, -0.25) is 0 Å². The summed E-state index contributed by atoms with van der Waals surface area (Å²) in [5.41, 5.74) is 13.0. The third kappa shape index (κ3) is 43.2. The number of hydrogen-bond acceptors (Lipinski definition) is 10. The zero-order valence-electron chi connectivity index (χ0n) is 83.8. The molecule has 700 valence electrons. The minimum atomic E-state index is -0.115. The smallest absolute Gasteiger partial charge is 0.0628 e. The monoisotopic (exact) mass is 1680 g/mol. The van der Waals surface area contributed by atoms with Crippen molar-refractivity contribution in [1.29, 1.82) is 0 Å². The lowest BCUT2D eigenvalue weighted by molar-refractivity contribution is 0.0182. The summed E-state index contributed by atoms with van der Waals surface area (Å²) in [6.07, 6.45) is 37.9. The van der Waals surface area contributed by atoms with Crippen molar-refractivity contribution < 1.29 is 51.1 Å². The summed E-state index contributed by atoms with van der Waals surface area (Å²) < 4.78 is 0. The van der Waals surface area contributed by atoms with Crippen molar-refractivity contribution in [2.24, 2.45) is 148 Å². The first-order valence-electron chi connectivity index (χ1n) is 49.0. The van der Waals surface area contributed by atoms with Gasteiger partial charge in [-0.15, -0.1) is 0 Å². The molecule has 10 saturated carbocycles. The molecule has 10 nitrogen and oxygen atoms in total. The van der Waals surface area contributed by atoms with Crippen molar-refractivity contribution in [3.8, 4) is 0 Å². The SMILES string of the molecule is C=C(C)C1C(C)CC(O)CC1C.C=C(C)C1CC(C)C(C)C(O)C1.C=C(C)C1CC(C)C(O)C(C)C1.C=C(C)C1CC(C)C(O)CC1C.C=C(C)C1CCC(O)C(C)C1C.CC(C)=CC1C(C)CCCC1O.CC(C)=CC1CC(C)CCC1O.CC(C)=CC1CCC(C)CC1O.CC(C)=CC1CCCC(C)C1O.CC(C)=CC1CCCC(O)C1C. The fraction of sp³-hybridized carbons (Fsp3) is 0.818. The standard InChI is InChI=1S/10C11H20O/c1-7(2)10-5-9(4)11(12)6-8(10)3;1-7(2)10-5-8(3)9(4)11(12)6-10;1-7(2)11-8(3)5-10(12)6-9(11)4;1-7(2)10-5-8(3)11(12)9(4)6-10;1-7(2)10-5-6-11(12)9(4)8(10)3;1-8(2)6-10-7-9(3)4-5-11(10)12;1-8(2)6-10-5-4-9(3)7-11(10)12;1-8(2)7-10-5-4-6-11(12)9(10)3;1-8(2)7-10-9(3)5-4-6-11(10)12;1-8(2)7-10-6-4-5-9(3)11(10)12/h5*8-12H,1,5-6H2,2-4H3;2*6,9-12H,4-5,7H2,1-3H3;3*7,9-12H,4-6H2,1-3H3. The van der Waals surface area contributed by atoms with E-state index in [0.29, 0.717) is 142 Å². The normalized spacial score (nSPS) is 39.4. The van der Waals surface area contributed by atoms with Crippen LogP contribution in [0.1, 0.15) is 368 Å². The molecule has 0 saturated heterocycles. The topological polar surface area (TPSA) is 202 Å². The fourth-order valence-electron chi connectivity index (χ4n) is 21.8. The molecule has 0 aromatic carbocycles. The molecule has 10 aliphatic rings. The van der Waals surface area contributed by atoms with E-state index in [-0.39, 0.29) is 61.0 Å². The zero-order valence-corrected chi connectivity index (χ0v) is 83.8. The van der Waals surface area contributed by atoms with Crippen LogP contribution in [0.3, 0.4) is 0 Å². The molecule has 120 heavy (non-hydrogen) atoms. The summed E-state index contributed by atoms with van der Waals surface area (Å²) in [5, 5.41) is 96.9. The molecule has 10 fully saturated rings. The van der Waals surface area contributed by atoms with E-state index in [4.69, 9.17) is 0 Å². The van der Waals surface area contributed by atoms with E-state index in [0.717, 1.165) is 109 Å². The third-order valence-electron chi connectivity index (χ3n) is 30.1. The average Bonchev–Trinajstić information content (AvgIpc) is 0.742. The Hall–Kier alpha value is -3.00. The maximum absolute atomic E-state index is 9.84. The molecular weight excluding hydrogens is 1480 g/mol. The quantitative estimate of drug-likeness (QED) is 0.0938. The fourth-order valence-corrected chi connectivity index (χ4v) is 21.8. The highest BCUT2D eigenvalue weighted by atomic mass is 16.3. The molecule has 31 unspecified atom stereocenters. The maximum atomic E-state index is 9.84.